The Hall–Kier alpha value is -2.34. The van der Waals surface area contributed by atoms with Crippen LogP contribution in [0.25, 0.3) is 0 Å². The minimum Gasteiger partial charge on any atom is -0.339 e. The summed E-state index contributed by atoms with van der Waals surface area (Å²) in [4.78, 5) is 33.1. The van der Waals surface area contributed by atoms with Gasteiger partial charge in [-0.1, -0.05) is 11.6 Å². The second kappa shape index (κ2) is 7.35. The number of hydrogen-bond donors (Lipinski definition) is 0. The molecule has 6 nitrogen and oxygen atoms in total. The average Bonchev–Trinajstić information content (AvgIpc) is 3.29. The van der Waals surface area contributed by atoms with Crippen molar-refractivity contribution in [1.82, 2.24) is 14.5 Å². The largest absolute Gasteiger partial charge is 0.339 e. The molecule has 142 valence electrons. The van der Waals surface area contributed by atoms with Gasteiger partial charge in [-0.2, -0.15) is 0 Å². The number of benzene rings is 1. The SMILES string of the molecule is Cn1ccnc1C1CCN(C(=O)c2cc(Cl)cc(N3CCCC3=O)c2)CC1. The van der Waals surface area contributed by atoms with Crippen molar-refractivity contribution in [3.63, 3.8) is 0 Å². The average molecular weight is 387 g/mol. The van der Waals surface area contributed by atoms with Crippen molar-refractivity contribution in [2.45, 2.75) is 31.6 Å². The molecule has 1 aromatic carbocycles. The molecule has 2 amide bonds. The van der Waals surface area contributed by atoms with E-state index in [1.165, 1.54) is 0 Å². The first kappa shape index (κ1) is 18.0. The first-order chi connectivity index (χ1) is 13.0. The third-order valence-corrected chi connectivity index (χ3v) is 5.74. The zero-order valence-corrected chi connectivity index (χ0v) is 16.2. The number of hydrogen-bond acceptors (Lipinski definition) is 3. The number of amides is 2. The van der Waals surface area contributed by atoms with Crippen LogP contribution in [0.2, 0.25) is 5.02 Å². The van der Waals surface area contributed by atoms with Crippen LogP contribution in [0.1, 0.15) is 47.8 Å². The summed E-state index contributed by atoms with van der Waals surface area (Å²) in [6.45, 7) is 2.07. The van der Waals surface area contributed by atoms with Crippen LogP contribution in [-0.4, -0.2) is 45.9 Å². The van der Waals surface area contributed by atoms with Gasteiger partial charge in [-0.25, -0.2) is 4.98 Å². The minimum atomic E-state index is -0.0244. The highest BCUT2D eigenvalue weighted by Crippen LogP contribution is 2.30. The van der Waals surface area contributed by atoms with Gasteiger partial charge in [-0.05, 0) is 37.5 Å². The summed E-state index contributed by atoms with van der Waals surface area (Å²) in [5.41, 5.74) is 1.27. The van der Waals surface area contributed by atoms with Gasteiger partial charge < -0.3 is 14.4 Å². The standard InChI is InChI=1S/C20H23ClN4O2/c1-23-10-6-22-19(23)14-4-8-24(9-5-14)20(27)15-11-16(21)13-17(12-15)25-7-2-3-18(25)26/h6,10-14H,2-5,7-9H2,1H3. The smallest absolute Gasteiger partial charge is 0.253 e. The van der Waals surface area contributed by atoms with Crippen LogP contribution < -0.4 is 4.90 Å². The molecule has 0 aliphatic carbocycles. The summed E-state index contributed by atoms with van der Waals surface area (Å²) in [6.07, 6.45) is 6.97. The van der Waals surface area contributed by atoms with Gasteiger partial charge >= 0.3 is 0 Å². The van der Waals surface area contributed by atoms with E-state index in [0.29, 0.717) is 42.6 Å². The maximum absolute atomic E-state index is 13.0. The van der Waals surface area contributed by atoms with E-state index < -0.39 is 0 Å². The Balaban J connectivity index is 1.48. The van der Waals surface area contributed by atoms with Gasteiger partial charge in [0.2, 0.25) is 5.91 Å². The molecule has 27 heavy (non-hydrogen) atoms. The fourth-order valence-electron chi connectivity index (χ4n) is 4.07. The van der Waals surface area contributed by atoms with Crippen LogP contribution in [0.4, 0.5) is 5.69 Å². The molecule has 2 aromatic rings. The summed E-state index contributed by atoms with van der Waals surface area (Å²) in [5.74, 6) is 1.53. The molecule has 3 heterocycles. The van der Waals surface area contributed by atoms with Gasteiger partial charge in [0.05, 0.1) is 0 Å². The number of aryl methyl sites for hydroxylation is 1. The maximum Gasteiger partial charge on any atom is 0.253 e. The monoisotopic (exact) mass is 386 g/mol. The quantitative estimate of drug-likeness (QED) is 0.813. The zero-order valence-electron chi connectivity index (χ0n) is 15.4. The highest BCUT2D eigenvalue weighted by Gasteiger charge is 2.28. The van der Waals surface area contributed by atoms with Crippen LogP contribution in [0, 0.1) is 0 Å². The van der Waals surface area contributed by atoms with Gasteiger partial charge in [0, 0.05) is 67.7 Å². The lowest BCUT2D eigenvalue weighted by atomic mass is 9.95. The van der Waals surface area contributed by atoms with Gasteiger partial charge in [0.1, 0.15) is 5.82 Å². The maximum atomic E-state index is 13.0. The van der Waals surface area contributed by atoms with Gasteiger partial charge in [0.15, 0.2) is 0 Å². The highest BCUT2D eigenvalue weighted by atomic mass is 35.5. The number of rotatable bonds is 3. The normalized spacial score (nSPS) is 18.4. The van der Waals surface area contributed by atoms with Crippen molar-refractivity contribution in [2.24, 2.45) is 7.05 Å². The van der Waals surface area contributed by atoms with Crippen molar-refractivity contribution >= 4 is 29.1 Å². The van der Waals surface area contributed by atoms with Gasteiger partial charge in [-0.15, -0.1) is 0 Å². The number of likely N-dealkylation sites (tertiary alicyclic amines) is 1. The third kappa shape index (κ3) is 3.58. The lowest BCUT2D eigenvalue weighted by molar-refractivity contribution is -0.117. The molecule has 0 unspecified atom stereocenters. The summed E-state index contributed by atoms with van der Waals surface area (Å²) < 4.78 is 2.05. The van der Waals surface area contributed by atoms with Crippen molar-refractivity contribution in [1.29, 1.82) is 0 Å². The van der Waals surface area contributed by atoms with E-state index in [0.717, 1.165) is 30.8 Å². The molecule has 0 N–H and O–H groups in total. The van der Waals surface area contributed by atoms with E-state index in [-0.39, 0.29) is 11.8 Å². The molecule has 2 aliphatic heterocycles. The second-order valence-corrected chi connectivity index (χ2v) is 7.75. The first-order valence-corrected chi connectivity index (χ1v) is 9.78. The van der Waals surface area contributed by atoms with Crippen LogP contribution in [-0.2, 0) is 11.8 Å². The van der Waals surface area contributed by atoms with E-state index in [9.17, 15) is 9.59 Å². The summed E-state index contributed by atoms with van der Waals surface area (Å²) in [6, 6.07) is 5.25. The van der Waals surface area contributed by atoms with Crippen LogP contribution in [0.15, 0.2) is 30.6 Å². The summed E-state index contributed by atoms with van der Waals surface area (Å²) in [7, 11) is 2.01. The fraction of sp³-hybridized carbons (Fsp3) is 0.450. The van der Waals surface area contributed by atoms with Crippen LogP contribution in [0.3, 0.4) is 0 Å². The number of carbonyl (C=O) groups excluding carboxylic acids is 2. The minimum absolute atomic E-state index is 0.0244. The number of aromatic nitrogens is 2. The molecular weight excluding hydrogens is 364 g/mol. The molecule has 7 heteroatoms. The zero-order chi connectivity index (χ0) is 19.0. The first-order valence-electron chi connectivity index (χ1n) is 9.40. The summed E-state index contributed by atoms with van der Waals surface area (Å²) in [5, 5.41) is 0.485. The second-order valence-electron chi connectivity index (χ2n) is 7.31. The van der Waals surface area contributed by atoms with E-state index in [2.05, 4.69) is 9.55 Å². The number of imidazole rings is 1. The number of anilines is 1. The number of piperidine rings is 1. The Bertz CT molecular complexity index is 871. The Kier molecular flexibility index (Phi) is 4.91. The Morgan fingerprint density at radius 1 is 1.19 bits per heavy atom. The molecular formula is C20H23ClN4O2. The molecule has 0 saturated carbocycles. The number of halogens is 1. The molecule has 0 atom stereocenters. The number of nitrogens with zero attached hydrogens (tertiary/aromatic N) is 4. The Labute approximate surface area is 163 Å². The molecule has 1 aromatic heterocycles. The molecule has 2 saturated heterocycles. The third-order valence-electron chi connectivity index (χ3n) is 5.52. The van der Waals surface area contributed by atoms with E-state index in [4.69, 9.17) is 11.6 Å². The molecule has 0 bridgehead atoms. The Morgan fingerprint density at radius 3 is 2.59 bits per heavy atom. The molecule has 4 rings (SSSR count). The lowest BCUT2D eigenvalue weighted by Crippen LogP contribution is -2.38. The molecule has 2 aliphatic rings. The van der Waals surface area contributed by atoms with Crippen LogP contribution >= 0.6 is 11.6 Å². The fourth-order valence-corrected chi connectivity index (χ4v) is 4.30. The lowest BCUT2D eigenvalue weighted by Gasteiger charge is -2.32. The Morgan fingerprint density at radius 2 is 1.96 bits per heavy atom. The van der Waals surface area contributed by atoms with Crippen molar-refractivity contribution < 1.29 is 9.59 Å². The topological polar surface area (TPSA) is 58.4 Å². The van der Waals surface area contributed by atoms with Crippen molar-refractivity contribution in [3.05, 3.63) is 47.0 Å². The van der Waals surface area contributed by atoms with E-state index >= 15 is 0 Å². The van der Waals surface area contributed by atoms with Crippen LogP contribution in [0.5, 0.6) is 0 Å². The predicted octanol–water partition coefficient (Wildman–Crippen LogP) is 3.22. The van der Waals surface area contributed by atoms with Gasteiger partial charge in [0.25, 0.3) is 5.91 Å². The summed E-state index contributed by atoms with van der Waals surface area (Å²) >= 11 is 6.25. The van der Waals surface area contributed by atoms with E-state index in [1.54, 1.807) is 23.1 Å². The molecule has 0 spiro atoms. The predicted molar refractivity (Wildman–Crippen MR) is 104 cm³/mol. The van der Waals surface area contributed by atoms with Gasteiger partial charge in [-0.3, -0.25) is 9.59 Å². The van der Waals surface area contributed by atoms with Crippen molar-refractivity contribution in [3.8, 4) is 0 Å². The molecule has 0 radical (unpaired) electrons. The van der Waals surface area contributed by atoms with Crippen molar-refractivity contribution in [2.75, 3.05) is 24.5 Å². The molecule has 2 fully saturated rings. The highest BCUT2D eigenvalue weighted by molar-refractivity contribution is 6.31. The number of carbonyl (C=O) groups is 2. The van der Waals surface area contributed by atoms with E-state index in [1.807, 2.05) is 24.3 Å².